The summed E-state index contributed by atoms with van der Waals surface area (Å²) in [6.07, 6.45) is 1.55. The van der Waals surface area contributed by atoms with Crippen molar-refractivity contribution in [1.29, 1.82) is 0 Å². The van der Waals surface area contributed by atoms with E-state index in [1.54, 1.807) is 13.0 Å². The molecule has 0 fully saturated rings. The molecule has 0 bridgehead atoms. The molecule has 29 heavy (non-hydrogen) atoms. The predicted octanol–water partition coefficient (Wildman–Crippen LogP) is 3.83. The molecule has 156 valence electrons. The van der Waals surface area contributed by atoms with Gasteiger partial charge in [0.05, 0.1) is 16.4 Å². The van der Waals surface area contributed by atoms with Crippen molar-refractivity contribution >= 4 is 34.1 Å². The first-order valence-electron chi connectivity index (χ1n) is 9.59. The van der Waals surface area contributed by atoms with Gasteiger partial charge < -0.3 is 15.5 Å². The maximum Gasteiger partial charge on any atom is 0.264 e. The third-order valence-corrected chi connectivity index (χ3v) is 5.26. The quantitative estimate of drug-likeness (QED) is 0.648. The van der Waals surface area contributed by atoms with Crippen LogP contribution in [0.4, 0.5) is 9.39 Å². The molecule has 0 aliphatic heterocycles. The number of nitrogens with one attached hydrogen (secondary N) is 2. The topological polar surface area (TPSA) is 78.5 Å². The highest BCUT2D eigenvalue weighted by atomic mass is 32.1. The Balaban J connectivity index is 2.13. The van der Waals surface area contributed by atoms with Gasteiger partial charge >= 0.3 is 0 Å². The molecule has 0 saturated carbocycles. The highest BCUT2D eigenvalue weighted by Gasteiger charge is 2.22. The third kappa shape index (κ3) is 6.39. The van der Waals surface area contributed by atoms with Crippen LogP contribution < -0.4 is 10.6 Å². The first kappa shape index (κ1) is 22.5. The summed E-state index contributed by atoms with van der Waals surface area (Å²) in [5, 5.41) is 5.98. The Kier molecular flexibility index (Phi) is 8.33. The number of halogens is 1. The van der Waals surface area contributed by atoms with E-state index in [0.717, 1.165) is 30.2 Å². The number of hydrogen-bond acceptors (Lipinski definition) is 4. The molecular weight excluding hydrogens is 393 g/mol. The number of aryl methyl sites for hydroxylation is 1. The summed E-state index contributed by atoms with van der Waals surface area (Å²) < 4.78 is 13.3. The van der Waals surface area contributed by atoms with E-state index < -0.39 is 11.7 Å². The monoisotopic (exact) mass is 419 g/mol. The van der Waals surface area contributed by atoms with Crippen LogP contribution in [0, 0.1) is 12.7 Å². The lowest BCUT2D eigenvalue weighted by atomic mass is 10.2. The van der Waals surface area contributed by atoms with E-state index in [2.05, 4.69) is 10.6 Å². The molecule has 6 nitrogen and oxygen atoms in total. The van der Waals surface area contributed by atoms with Crippen LogP contribution in [0.25, 0.3) is 0 Å². The molecule has 0 aliphatic carbocycles. The number of rotatable bonds is 9. The Morgan fingerprint density at radius 2 is 1.90 bits per heavy atom. The van der Waals surface area contributed by atoms with E-state index in [9.17, 15) is 18.8 Å². The SMILES string of the molecule is CCCNC(=O)CN(CCC)C(=O)c1sc(NC(=O)c2cccc(F)c2)cc1C. The van der Waals surface area contributed by atoms with Crippen LogP contribution in [0.5, 0.6) is 0 Å². The van der Waals surface area contributed by atoms with E-state index in [1.807, 2.05) is 13.8 Å². The zero-order chi connectivity index (χ0) is 21.4. The Bertz CT molecular complexity index is 882. The maximum atomic E-state index is 13.3. The Morgan fingerprint density at radius 3 is 2.55 bits per heavy atom. The molecule has 1 aromatic carbocycles. The zero-order valence-electron chi connectivity index (χ0n) is 16.9. The minimum Gasteiger partial charge on any atom is -0.355 e. The van der Waals surface area contributed by atoms with Crippen LogP contribution in [-0.4, -0.2) is 42.3 Å². The number of anilines is 1. The number of carbonyl (C=O) groups is 3. The molecule has 0 aliphatic rings. The van der Waals surface area contributed by atoms with E-state index in [-0.39, 0.29) is 23.9 Å². The number of hydrogen-bond donors (Lipinski definition) is 2. The van der Waals surface area contributed by atoms with Crippen molar-refractivity contribution in [3.05, 3.63) is 52.2 Å². The summed E-state index contributed by atoms with van der Waals surface area (Å²) in [6.45, 7) is 6.71. The molecule has 0 atom stereocenters. The lowest BCUT2D eigenvalue weighted by Crippen LogP contribution is -2.41. The van der Waals surface area contributed by atoms with Crippen molar-refractivity contribution < 1.29 is 18.8 Å². The lowest BCUT2D eigenvalue weighted by Gasteiger charge is -2.21. The van der Waals surface area contributed by atoms with Crippen LogP contribution in [0.1, 0.15) is 52.3 Å². The molecule has 1 aromatic heterocycles. The van der Waals surface area contributed by atoms with Crippen molar-refractivity contribution in [3.8, 4) is 0 Å². The van der Waals surface area contributed by atoms with Gasteiger partial charge in [-0.2, -0.15) is 0 Å². The molecule has 0 radical (unpaired) electrons. The molecule has 0 unspecified atom stereocenters. The van der Waals surface area contributed by atoms with Gasteiger partial charge in [-0.15, -0.1) is 11.3 Å². The van der Waals surface area contributed by atoms with Crippen molar-refractivity contribution in [2.24, 2.45) is 0 Å². The number of carbonyl (C=O) groups excluding carboxylic acids is 3. The summed E-state index contributed by atoms with van der Waals surface area (Å²) in [4.78, 5) is 39.3. The minimum atomic E-state index is -0.493. The van der Waals surface area contributed by atoms with Gasteiger partial charge in [0.1, 0.15) is 5.82 Å². The van der Waals surface area contributed by atoms with Gasteiger partial charge in [-0.3, -0.25) is 14.4 Å². The minimum absolute atomic E-state index is 0.00496. The number of thiophene rings is 1. The number of nitrogens with zero attached hydrogens (tertiary/aromatic N) is 1. The van der Waals surface area contributed by atoms with Gasteiger partial charge in [0, 0.05) is 18.7 Å². The fraction of sp³-hybridized carbons (Fsp3) is 0.381. The Labute approximate surface area is 174 Å². The summed E-state index contributed by atoms with van der Waals surface area (Å²) in [5.74, 6) is -1.38. The normalized spacial score (nSPS) is 10.5. The molecule has 8 heteroatoms. The Hall–Kier alpha value is -2.74. The van der Waals surface area contributed by atoms with Gasteiger partial charge in [0.2, 0.25) is 5.91 Å². The highest BCUT2D eigenvalue weighted by molar-refractivity contribution is 7.18. The molecule has 2 rings (SSSR count). The highest BCUT2D eigenvalue weighted by Crippen LogP contribution is 2.28. The van der Waals surface area contributed by atoms with Crippen LogP contribution in [0.2, 0.25) is 0 Å². The first-order valence-corrected chi connectivity index (χ1v) is 10.4. The fourth-order valence-electron chi connectivity index (χ4n) is 2.73. The predicted molar refractivity (Wildman–Crippen MR) is 113 cm³/mol. The maximum absolute atomic E-state index is 13.3. The fourth-order valence-corrected chi connectivity index (χ4v) is 3.77. The van der Waals surface area contributed by atoms with Gasteiger partial charge in [0.25, 0.3) is 11.8 Å². The third-order valence-electron chi connectivity index (χ3n) is 4.12. The van der Waals surface area contributed by atoms with Crippen LogP contribution in [-0.2, 0) is 4.79 Å². The van der Waals surface area contributed by atoms with E-state index in [4.69, 9.17) is 0 Å². The van der Waals surface area contributed by atoms with E-state index in [0.29, 0.717) is 28.5 Å². The molecular formula is C21H26FN3O3S. The zero-order valence-corrected chi connectivity index (χ0v) is 17.7. The number of benzene rings is 1. The second kappa shape index (κ2) is 10.7. The van der Waals surface area contributed by atoms with Crippen molar-refractivity contribution in [2.45, 2.75) is 33.6 Å². The molecule has 2 N–H and O–H groups in total. The summed E-state index contributed by atoms with van der Waals surface area (Å²) in [5.41, 5.74) is 0.911. The molecule has 1 heterocycles. The van der Waals surface area contributed by atoms with E-state index in [1.165, 1.54) is 23.1 Å². The molecule has 2 aromatic rings. The second-order valence-corrected chi connectivity index (χ2v) is 7.72. The van der Waals surface area contributed by atoms with Crippen molar-refractivity contribution in [3.63, 3.8) is 0 Å². The summed E-state index contributed by atoms with van der Waals surface area (Å²) >= 11 is 1.15. The van der Waals surface area contributed by atoms with Gasteiger partial charge in [-0.25, -0.2) is 4.39 Å². The van der Waals surface area contributed by atoms with Crippen LogP contribution in [0.3, 0.4) is 0 Å². The van der Waals surface area contributed by atoms with Crippen LogP contribution >= 0.6 is 11.3 Å². The Morgan fingerprint density at radius 1 is 1.14 bits per heavy atom. The van der Waals surface area contributed by atoms with Crippen molar-refractivity contribution in [2.75, 3.05) is 25.0 Å². The lowest BCUT2D eigenvalue weighted by molar-refractivity contribution is -0.121. The summed E-state index contributed by atoms with van der Waals surface area (Å²) in [6, 6.07) is 7.10. The summed E-state index contributed by atoms with van der Waals surface area (Å²) in [7, 11) is 0. The first-order chi connectivity index (χ1) is 13.8. The van der Waals surface area contributed by atoms with Crippen LogP contribution in [0.15, 0.2) is 30.3 Å². The molecule has 3 amide bonds. The standard InChI is InChI=1S/C21H26FN3O3S/c1-4-9-23-17(26)13-25(10-5-2)21(28)19-14(3)11-18(29-19)24-20(27)15-7-6-8-16(22)12-15/h6-8,11-12H,4-5,9-10,13H2,1-3H3,(H,23,26)(H,24,27). The largest absolute Gasteiger partial charge is 0.355 e. The van der Waals surface area contributed by atoms with Gasteiger partial charge in [-0.1, -0.05) is 19.9 Å². The van der Waals surface area contributed by atoms with Gasteiger partial charge in [0.15, 0.2) is 0 Å². The second-order valence-electron chi connectivity index (χ2n) is 6.66. The molecule has 0 spiro atoms. The average Bonchev–Trinajstić information content (AvgIpc) is 3.05. The van der Waals surface area contributed by atoms with Gasteiger partial charge in [-0.05, 0) is 49.6 Å². The van der Waals surface area contributed by atoms with Crippen molar-refractivity contribution in [1.82, 2.24) is 10.2 Å². The number of amides is 3. The molecule has 0 saturated heterocycles. The smallest absolute Gasteiger partial charge is 0.264 e. The average molecular weight is 420 g/mol. The van der Waals surface area contributed by atoms with E-state index >= 15 is 0 Å².